The molecule has 1 aliphatic rings. The van der Waals surface area contributed by atoms with Crippen LogP contribution in [0.25, 0.3) is 0 Å². The second-order valence-electron chi connectivity index (χ2n) is 4.63. The number of allylic oxidation sites excluding steroid dienone is 1. The predicted octanol–water partition coefficient (Wildman–Crippen LogP) is 3.87. The Bertz CT molecular complexity index is 223. The lowest BCUT2D eigenvalue weighted by atomic mass is 10.1. The topological polar surface area (TPSA) is 20.3 Å². The molecule has 1 aliphatic heterocycles. The number of amides is 1. The van der Waals surface area contributed by atoms with Gasteiger partial charge in [0.05, 0.1) is 0 Å². The molecule has 2 heteroatoms. The standard InChI is InChI=1S/C14H25NO/c1-2-3-4-9-12-15-13-10-7-5-6-8-11-14(15)16/h9,12H,2-8,10-11,13H2,1H3/b12-9+. The maximum absolute atomic E-state index is 11.9. The summed E-state index contributed by atoms with van der Waals surface area (Å²) in [5, 5.41) is 0. The van der Waals surface area contributed by atoms with Crippen LogP contribution in [0.3, 0.4) is 0 Å². The second-order valence-corrected chi connectivity index (χ2v) is 4.63. The molecule has 0 aromatic carbocycles. The second kappa shape index (κ2) is 8.37. The van der Waals surface area contributed by atoms with Gasteiger partial charge in [-0.2, -0.15) is 0 Å². The van der Waals surface area contributed by atoms with E-state index in [0.29, 0.717) is 5.91 Å². The van der Waals surface area contributed by atoms with Gasteiger partial charge in [-0.05, 0) is 19.3 Å². The average Bonchev–Trinajstić information content (AvgIpc) is 2.38. The molecule has 0 saturated carbocycles. The van der Waals surface area contributed by atoms with Crippen molar-refractivity contribution >= 4 is 5.91 Å². The van der Waals surface area contributed by atoms with E-state index in [1.54, 1.807) is 0 Å². The van der Waals surface area contributed by atoms with Gasteiger partial charge in [0, 0.05) is 19.2 Å². The van der Waals surface area contributed by atoms with Crippen molar-refractivity contribution in [1.29, 1.82) is 0 Å². The zero-order valence-corrected chi connectivity index (χ0v) is 10.6. The lowest BCUT2D eigenvalue weighted by Crippen LogP contribution is -2.26. The Hall–Kier alpha value is -0.790. The van der Waals surface area contributed by atoms with Crippen LogP contribution >= 0.6 is 0 Å². The molecule has 1 fully saturated rings. The Balaban J connectivity index is 2.39. The lowest BCUT2D eigenvalue weighted by Gasteiger charge is -2.17. The molecule has 0 aromatic heterocycles. The largest absolute Gasteiger partial charge is 0.319 e. The van der Waals surface area contributed by atoms with Crippen molar-refractivity contribution in [1.82, 2.24) is 4.90 Å². The number of nitrogens with zero attached hydrogens (tertiary/aromatic N) is 1. The zero-order chi connectivity index (χ0) is 11.6. The first-order valence-electron chi connectivity index (χ1n) is 6.80. The maximum atomic E-state index is 11.9. The molecule has 1 saturated heterocycles. The molecule has 0 unspecified atom stereocenters. The summed E-state index contributed by atoms with van der Waals surface area (Å²) >= 11 is 0. The summed E-state index contributed by atoms with van der Waals surface area (Å²) < 4.78 is 0. The van der Waals surface area contributed by atoms with Crippen LogP contribution in [0, 0.1) is 0 Å². The molecule has 0 aromatic rings. The highest BCUT2D eigenvalue weighted by molar-refractivity contribution is 5.77. The van der Waals surface area contributed by atoms with Crippen LogP contribution in [-0.2, 0) is 4.79 Å². The molecule has 16 heavy (non-hydrogen) atoms. The van der Waals surface area contributed by atoms with Crippen LogP contribution in [0.15, 0.2) is 12.3 Å². The van der Waals surface area contributed by atoms with Gasteiger partial charge in [-0.15, -0.1) is 0 Å². The predicted molar refractivity (Wildman–Crippen MR) is 68.1 cm³/mol. The van der Waals surface area contributed by atoms with Gasteiger partial charge in [0.2, 0.25) is 5.91 Å². The third-order valence-corrected chi connectivity index (χ3v) is 3.12. The monoisotopic (exact) mass is 223 g/mol. The van der Waals surface area contributed by atoms with Gasteiger partial charge in [0.1, 0.15) is 0 Å². The van der Waals surface area contributed by atoms with Crippen LogP contribution in [0.1, 0.15) is 64.7 Å². The summed E-state index contributed by atoms with van der Waals surface area (Å²) in [6.07, 6.45) is 14.5. The Labute approximate surface area is 99.7 Å². The first kappa shape index (κ1) is 13.3. The summed E-state index contributed by atoms with van der Waals surface area (Å²) in [5.74, 6) is 0.314. The molecule has 1 heterocycles. The third-order valence-electron chi connectivity index (χ3n) is 3.12. The molecule has 1 amide bonds. The van der Waals surface area contributed by atoms with E-state index < -0.39 is 0 Å². The van der Waals surface area contributed by atoms with Crippen molar-refractivity contribution in [2.45, 2.75) is 64.7 Å². The van der Waals surface area contributed by atoms with Gasteiger partial charge in [0.25, 0.3) is 0 Å². The van der Waals surface area contributed by atoms with Gasteiger partial charge >= 0.3 is 0 Å². The van der Waals surface area contributed by atoms with Crippen LogP contribution in [0.4, 0.5) is 0 Å². The number of hydrogen-bond acceptors (Lipinski definition) is 1. The van der Waals surface area contributed by atoms with Crippen LogP contribution in [0.5, 0.6) is 0 Å². The fourth-order valence-corrected chi connectivity index (χ4v) is 2.04. The third kappa shape index (κ3) is 5.34. The highest BCUT2D eigenvalue weighted by atomic mass is 16.2. The van der Waals surface area contributed by atoms with E-state index in [1.807, 2.05) is 11.1 Å². The summed E-state index contributed by atoms with van der Waals surface area (Å²) in [6.45, 7) is 3.11. The Morgan fingerprint density at radius 2 is 1.94 bits per heavy atom. The SMILES string of the molecule is CCCC/C=C/N1CCCCCCCC1=O. The fourth-order valence-electron chi connectivity index (χ4n) is 2.04. The van der Waals surface area contributed by atoms with E-state index in [1.165, 1.54) is 32.1 Å². The quantitative estimate of drug-likeness (QED) is 0.662. The van der Waals surface area contributed by atoms with Crippen molar-refractivity contribution in [3.05, 3.63) is 12.3 Å². The van der Waals surface area contributed by atoms with Crippen molar-refractivity contribution in [2.24, 2.45) is 0 Å². The Morgan fingerprint density at radius 1 is 1.19 bits per heavy atom. The summed E-state index contributed by atoms with van der Waals surface area (Å²) in [5.41, 5.74) is 0. The molecule has 0 radical (unpaired) electrons. The first-order valence-corrected chi connectivity index (χ1v) is 6.80. The minimum Gasteiger partial charge on any atom is -0.319 e. The fraction of sp³-hybridized carbons (Fsp3) is 0.786. The molecule has 0 spiro atoms. The van der Waals surface area contributed by atoms with E-state index in [0.717, 1.165) is 32.2 Å². The minimum atomic E-state index is 0.314. The van der Waals surface area contributed by atoms with Crippen LogP contribution in [-0.4, -0.2) is 17.4 Å². The molecular weight excluding hydrogens is 198 g/mol. The van der Waals surface area contributed by atoms with E-state index in [2.05, 4.69) is 13.0 Å². The number of carbonyl (C=O) groups is 1. The molecule has 0 bridgehead atoms. The van der Waals surface area contributed by atoms with Crippen molar-refractivity contribution < 1.29 is 4.79 Å². The molecule has 0 aliphatic carbocycles. The van der Waals surface area contributed by atoms with Gasteiger partial charge in [-0.25, -0.2) is 0 Å². The molecule has 0 N–H and O–H groups in total. The van der Waals surface area contributed by atoms with Crippen molar-refractivity contribution in [3.63, 3.8) is 0 Å². The van der Waals surface area contributed by atoms with Crippen molar-refractivity contribution in [3.8, 4) is 0 Å². The number of unbranched alkanes of at least 4 members (excludes halogenated alkanes) is 2. The summed E-state index contributed by atoms with van der Waals surface area (Å²) in [4.78, 5) is 13.8. The van der Waals surface area contributed by atoms with Gasteiger partial charge in [-0.1, -0.05) is 45.1 Å². The summed E-state index contributed by atoms with van der Waals surface area (Å²) in [7, 11) is 0. The molecular formula is C14H25NO. The van der Waals surface area contributed by atoms with E-state index >= 15 is 0 Å². The maximum Gasteiger partial charge on any atom is 0.226 e. The highest BCUT2D eigenvalue weighted by Gasteiger charge is 2.11. The lowest BCUT2D eigenvalue weighted by molar-refractivity contribution is -0.128. The molecule has 1 rings (SSSR count). The number of rotatable bonds is 4. The van der Waals surface area contributed by atoms with E-state index in [4.69, 9.17) is 0 Å². The van der Waals surface area contributed by atoms with E-state index in [-0.39, 0.29) is 0 Å². The number of carbonyl (C=O) groups excluding carboxylic acids is 1. The van der Waals surface area contributed by atoms with E-state index in [9.17, 15) is 4.79 Å². The zero-order valence-electron chi connectivity index (χ0n) is 10.6. The molecule has 92 valence electrons. The first-order chi connectivity index (χ1) is 7.84. The normalized spacial score (nSPS) is 19.6. The molecule has 2 nitrogen and oxygen atoms in total. The van der Waals surface area contributed by atoms with Gasteiger partial charge < -0.3 is 4.90 Å². The Morgan fingerprint density at radius 3 is 2.75 bits per heavy atom. The summed E-state index contributed by atoms with van der Waals surface area (Å²) in [6, 6.07) is 0. The Kier molecular flexibility index (Phi) is 6.95. The van der Waals surface area contributed by atoms with Gasteiger partial charge in [-0.3, -0.25) is 4.79 Å². The van der Waals surface area contributed by atoms with Crippen LogP contribution in [0.2, 0.25) is 0 Å². The molecule has 0 atom stereocenters. The number of hydrogen-bond donors (Lipinski definition) is 0. The van der Waals surface area contributed by atoms with Gasteiger partial charge in [0.15, 0.2) is 0 Å². The smallest absolute Gasteiger partial charge is 0.226 e. The van der Waals surface area contributed by atoms with Crippen LogP contribution < -0.4 is 0 Å². The average molecular weight is 223 g/mol. The highest BCUT2D eigenvalue weighted by Crippen LogP contribution is 2.12. The minimum absolute atomic E-state index is 0.314. The van der Waals surface area contributed by atoms with Crippen molar-refractivity contribution in [2.75, 3.05) is 6.54 Å².